The fraction of sp³-hybridized carbons (Fsp3) is 0.0444. The predicted octanol–water partition coefficient (Wildman–Crippen LogP) is 12.2. The number of aromatic nitrogens is 2. The second-order valence-electron chi connectivity index (χ2n) is 12.8. The maximum Gasteiger partial charge on any atom is 0.0727 e. The summed E-state index contributed by atoms with van der Waals surface area (Å²) in [5.74, 6) is 0. The molecule has 0 amide bonds. The normalized spacial score (nSPS) is 12.0. The van der Waals surface area contributed by atoms with Crippen LogP contribution in [0, 0.1) is 13.8 Å². The first-order chi connectivity index (χ1) is 23.2. The van der Waals surface area contributed by atoms with E-state index in [4.69, 9.17) is 5.10 Å². The Morgan fingerprint density at radius 3 is 1.60 bits per heavy atom. The van der Waals surface area contributed by atoms with E-state index < -0.39 is 0 Å². The monoisotopic (exact) mass is 598 g/mol. The third kappa shape index (κ3) is 3.64. The molecule has 10 aromatic rings. The predicted molar refractivity (Wildman–Crippen MR) is 200 cm³/mol. The van der Waals surface area contributed by atoms with E-state index in [9.17, 15) is 0 Å². The largest absolute Gasteiger partial charge is 0.237 e. The van der Waals surface area contributed by atoms with Crippen LogP contribution in [0.2, 0.25) is 0 Å². The number of fused-ring (bicyclic) bond motifs is 3. The molecule has 0 atom stereocenters. The average molecular weight is 599 g/mol. The van der Waals surface area contributed by atoms with Crippen molar-refractivity contribution in [1.82, 2.24) is 9.78 Å². The molecule has 0 bridgehead atoms. The molecule has 0 N–H and O–H groups in total. The Labute approximate surface area is 272 Å². The van der Waals surface area contributed by atoms with Crippen LogP contribution in [0.15, 0.2) is 146 Å². The summed E-state index contributed by atoms with van der Waals surface area (Å²) in [6.45, 7) is 4.37. The zero-order valence-corrected chi connectivity index (χ0v) is 26.3. The Hall–Kier alpha value is -5.99. The molecule has 0 saturated heterocycles. The first-order valence-corrected chi connectivity index (χ1v) is 16.3. The van der Waals surface area contributed by atoms with Crippen LogP contribution in [-0.4, -0.2) is 9.78 Å². The summed E-state index contributed by atoms with van der Waals surface area (Å²) in [6.07, 6.45) is 0. The highest BCUT2D eigenvalue weighted by Crippen LogP contribution is 2.48. The zero-order chi connectivity index (χ0) is 31.2. The summed E-state index contributed by atoms with van der Waals surface area (Å²) in [5.41, 5.74) is 8.29. The van der Waals surface area contributed by atoms with Gasteiger partial charge in [0.25, 0.3) is 0 Å². The van der Waals surface area contributed by atoms with Crippen molar-refractivity contribution in [3.05, 3.63) is 157 Å². The molecule has 0 aliphatic heterocycles. The van der Waals surface area contributed by atoms with Crippen molar-refractivity contribution >= 4 is 64.6 Å². The van der Waals surface area contributed by atoms with Crippen molar-refractivity contribution in [2.45, 2.75) is 13.8 Å². The maximum absolute atomic E-state index is 5.21. The molecule has 1 heterocycles. The van der Waals surface area contributed by atoms with Crippen molar-refractivity contribution in [1.29, 1.82) is 0 Å². The molecule has 9 aromatic carbocycles. The Balaban J connectivity index is 1.31. The average Bonchev–Trinajstić information content (AvgIpc) is 3.41. The molecule has 220 valence electrons. The lowest BCUT2D eigenvalue weighted by atomic mass is 9.83. The Morgan fingerprint density at radius 1 is 0.383 bits per heavy atom. The summed E-state index contributed by atoms with van der Waals surface area (Å²) in [4.78, 5) is 0. The van der Waals surface area contributed by atoms with Gasteiger partial charge in [0.2, 0.25) is 0 Å². The summed E-state index contributed by atoms with van der Waals surface area (Å²) < 4.78 is 2.14. The van der Waals surface area contributed by atoms with Crippen molar-refractivity contribution in [2.75, 3.05) is 0 Å². The standard InChI is InChI=1S/C45H30N2/c1-27-41(28(2)47(46-27)40-20-10-12-29-11-3-4-15-33(29)40)45-36-18-7-5-16-34(36)44(35-17-6-8-19-37(35)45)39-26-24-32-22-21-30-13-9-14-31-23-25-38(39)43(32)42(30)31/h3-26H,1-2H3. The molecule has 1 aromatic heterocycles. The van der Waals surface area contributed by atoms with Crippen LogP contribution in [-0.2, 0) is 0 Å². The van der Waals surface area contributed by atoms with Gasteiger partial charge in [-0.15, -0.1) is 0 Å². The Morgan fingerprint density at radius 2 is 0.894 bits per heavy atom. The SMILES string of the molecule is Cc1nn(-c2cccc3ccccc23)c(C)c1-c1c2ccccc2c(-c2ccc3ccc4cccc5ccc2c3c45)c2ccccc12. The quantitative estimate of drug-likeness (QED) is 0.146. The second-order valence-corrected chi connectivity index (χ2v) is 12.8. The van der Waals surface area contributed by atoms with Crippen LogP contribution in [0.4, 0.5) is 0 Å². The van der Waals surface area contributed by atoms with E-state index >= 15 is 0 Å². The summed E-state index contributed by atoms with van der Waals surface area (Å²) >= 11 is 0. The van der Waals surface area contributed by atoms with Crippen LogP contribution in [0.25, 0.3) is 92.6 Å². The van der Waals surface area contributed by atoms with Gasteiger partial charge < -0.3 is 0 Å². The molecule has 0 unspecified atom stereocenters. The number of nitrogens with zero attached hydrogens (tertiary/aromatic N) is 2. The molecule has 47 heavy (non-hydrogen) atoms. The third-order valence-corrected chi connectivity index (χ3v) is 10.3. The summed E-state index contributed by atoms with van der Waals surface area (Å²) in [5, 5.41) is 20.5. The molecule has 2 heteroatoms. The van der Waals surface area contributed by atoms with Crippen molar-refractivity contribution in [3.63, 3.8) is 0 Å². The topological polar surface area (TPSA) is 17.8 Å². The fourth-order valence-electron chi connectivity index (χ4n) is 8.27. The summed E-state index contributed by atoms with van der Waals surface area (Å²) in [6, 6.07) is 53.4. The lowest BCUT2D eigenvalue weighted by molar-refractivity contribution is 0.840. The van der Waals surface area contributed by atoms with E-state index in [-0.39, 0.29) is 0 Å². The van der Waals surface area contributed by atoms with E-state index in [2.05, 4.69) is 164 Å². The van der Waals surface area contributed by atoms with Gasteiger partial charge in [-0.1, -0.05) is 140 Å². The minimum absolute atomic E-state index is 1.03. The van der Waals surface area contributed by atoms with E-state index in [0.717, 1.165) is 17.1 Å². The van der Waals surface area contributed by atoms with Crippen LogP contribution < -0.4 is 0 Å². The molecule has 0 aliphatic carbocycles. The smallest absolute Gasteiger partial charge is 0.0727 e. The van der Waals surface area contributed by atoms with Gasteiger partial charge in [-0.25, -0.2) is 4.68 Å². The highest BCUT2D eigenvalue weighted by atomic mass is 15.3. The van der Waals surface area contributed by atoms with Crippen LogP contribution in [0.1, 0.15) is 11.4 Å². The van der Waals surface area contributed by atoms with Crippen molar-refractivity contribution in [3.8, 4) is 27.9 Å². The maximum atomic E-state index is 5.21. The first-order valence-electron chi connectivity index (χ1n) is 16.3. The second kappa shape index (κ2) is 9.75. The molecule has 0 fully saturated rings. The first kappa shape index (κ1) is 26.2. The van der Waals surface area contributed by atoms with Gasteiger partial charge in [-0.2, -0.15) is 5.10 Å². The molecule has 10 rings (SSSR count). The fourth-order valence-corrected chi connectivity index (χ4v) is 8.27. The van der Waals surface area contributed by atoms with Gasteiger partial charge in [-0.05, 0) is 90.3 Å². The molecule has 0 saturated carbocycles. The van der Waals surface area contributed by atoms with Gasteiger partial charge in [0.05, 0.1) is 11.4 Å². The lowest BCUT2D eigenvalue weighted by Crippen LogP contribution is -2.00. The lowest BCUT2D eigenvalue weighted by Gasteiger charge is -2.20. The molecular formula is C45H30N2. The highest BCUT2D eigenvalue weighted by molar-refractivity contribution is 6.29. The molecule has 0 radical (unpaired) electrons. The molecule has 0 spiro atoms. The van der Waals surface area contributed by atoms with Crippen molar-refractivity contribution in [2.24, 2.45) is 0 Å². The van der Waals surface area contributed by atoms with Crippen LogP contribution in [0.3, 0.4) is 0 Å². The van der Waals surface area contributed by atoms with E-state index in [1.165, 1.54) is 86.9 Å². The minimum Gasteiger partial charge on any atom is -0.237 e. The number of hydrogen-bond acceptors (Lipinski definition) is 1. The van der Waals surface area contributed by atoms with E-state index in [1.807, 2.05) is 0 Å². The van der Waals surface area contributed by atoms with Gasteiger partial charge in [0.1, 0.15) is 0 Å². The third-order valence-electron chi connectivity index (χ3n) is 10.3. The van der Waals surface area contributed by atoms with Crippen LogP contribution >= 0.6 is 0 Å². The van der Waals surface area contributed by atoms with E-state index in [1.54, 1.807) is 0 Å². The molecule has 0 aliphatic rings. The number of benzene rings is 9. The molecular weight excluding hydrogens is 569 g/mol. The Bertz CT molecular complexity index is 2790. The van der Waals surface area contributed by atoms with Crippen molar-refractivity contribution < 1.29 is 0 Å². The van der Waals surface area contributed by atoms with Gasteiger partial charge >= 0.3 is 0 Å². The number of aryl methyl sites for hydroxylation is 1. The van der Waals surface area contributed by atoms with Gasteiger partial charge in [0.15, 0.2) is 0 Å². The van der Waals surface area contributed by atoms with Gasteiger partial charge in [0, 0.05) is 22.2 Å². The minimum atomic E-state index is 1.03. The number of rotatable bonds is 3. The highest BCUT2D eigenvalue weighted by Gasteiger charge is 2.23. The van der Waals surface area contributed by atoms with Gasteiger partial charge in [-0.3, -0.25) is 0 Å². The zero-order valence-electron chi connectivity index (χ0n) is 26.3. The van der Waals surface area contributed by atoms with E-state index in [0.29, 0.717) is 0 Å². The molecule has 2 nitrogen and oxygen atoms in total. The summed E-state index contributed by atoms with van der Waals surface area (Å²) in [7, 11) is 0. The number of hydrogen-bond donors (Lipinski definition) is 0. The van der Waals surface area contributed by atoms with Crippen LogP contribution in [0.5, 0.6) is 0 Å². The Kier molecular flexibility index (Phi) is 5.45.